The predicted molar refractivity (Wildman–Crippen MR) is 94.5 cm³/mol. The molecule has 8 heteroatoms. The van der Waals surface area contributed by atoms with Gasteiger partial charge in [-0.1, -0.05) is 25.7 Å². The number of carbonyl (C=O) groups is 1. The van der Waals surface area contributed by atoms with Gasteiger partial charge in [0.2, 0.25) is 5.91 Å². The second kappa shape index (κ2) is 8.02. The van der Waals surface area contributed by atoms with Crippen LogP contribution in [0.4, 0.5) is 18.9 Å². The molecule has 0 radical (unpaired) electrons. The number of nitrogens with one attached hydrogen (secondary N) is 1. The highest BCUT2D eigenvalue weighted by molar-refractivity contribution is 5.93. The number of anilines is 1. The molecule has 1 amide bonds. The average Bonchev–Trinajstić information content (AvgIpc) is 3.31. The van der Waals surface area contributed by atoms with Crippen LogP contribution in [0, 0.1) is 5.92 Å². The molecule has 27 heavy (non-hydrogen) atoms. The van der Waals surface area contributed by atoms with Crippen molar-refractivity contribution in [2.75, 3.05) is 12.4 Å². The number of rotatable bonds is 6. The second-order valence-corrected chi connectivity index (χ2v) is 6.82. The van der Waals surface area contributed by atoms with Crippen LogP contribution in [0.3, 0.4) is 0 Å². The lowest BCUT2D eigenvalue weighted by Gasteiger charge is -2.21. The van der Waals surface area contributed by atoms with Crippen LogP contribution in [-0.4, -0.2) is 22.6 Å². The zero-order valence-corrected chi connectivity index (χ0v) is 15.0. The van der Waals surface area contributed by atoms with Gasteiger partial charge in [-0.2, -0.15) is 13.2 Å². The van der Waals surface area contributed by atoms with Crippen molar-refractivity contribution in [2.45, 2.75) is 44.3 Å². The quantitative estimate of drug-likeness (QED) is 0.791. The minimum Gasteiger partial charge on any atom is -0.497 e. The SMILES string of the molecule is COc1ccc(NC(=O)[C@H](CC2CCCC2)n2cnc(C(F)(F)F)c2)cc1. The fourth-order valence-electron chi connectivity index (χ4n) is 3.48. The summed E-state index contributed by atoms with van der Waals surface area (Å²) in [5, 5.41) is 2.79. The van der Waals surface area contributed by atoms with E-state index in [1.165, 1.54) is 4.57 Å². The van der Waals surface area contributed by atoms with Gasteiger partial charge in [0.05, 0.1) is 13.4 Å². The Labute approximate surface area is 155 Å². The van der Waals surface area contributed by atoms with E-state index in [-0.39, 0.29) is 5.91 Å². The van der Waals surface area contributed by atoms with Gasteiger partial charge >= 0.3 is 6.18 Å². The van der Waals surface area contributed by atoms with Crippen LogP contribution in [0.15, 0.2) is 36.8 Å². The third-order valence-corrected chi connectivity index (χ3v) is 4.94. The van der Waals surface area contributed by atoms with E-state index in [2.05, 4.69) is 10.3 Å². The van der Waals surface area contributed by atoms with E-state index in [1.807, 2.05) is 0 Å². The molecule has 1 N–H and O–H groups in total. The molecule has 1 saturated carbocycles. The van der Waals surface area contributed by atoms with Gasteiger partial charge in [-0.3, -0.25) is 4.79 Å². The maximum absolute atomic E-state index is 12.9. The summed E-state index contributed by atoms with van der Waals surface area (Å²) < 4.78 is 45.1. The lowest BCUT2D eigenvalue weighted by molar-refractivity contribution is -0.141. The van der Waals surface area contributed by atoms with E-state index in [0.29, 0.717) is 23.8 Å². The highest BCUT2D eigenvalue weighted by atomic mass is 19.4. The Morgan fingerprint density at radius 1 is 1.30 bits per heavy atom. The van der Waals surface area contributed by atoms with Gasteiger partial charge in [-0.05, 0) is 36.6 Å². The maximum Gasteiger partial charge on any atom is 0.434 e. The second-order valence-electron chi connectivity index (χ2n) is 6.82. The molecule has 5 nitrogen and oxygen atoms in total. The summed E-state index contributed by atoms with van der Waals surface area (Å²) in [7, 11) is 1.54. The molecule has 2 aromatic rings. The van der Waals surface area contributed by atoms with Gasteiger partial charge in [0.1, 0.15) is 11.8 Å². The predicted octanol–water partition coefficient (Wildman–Crippen LogP) is 4.67. The van der Waals surface area contributed by atoms with Gasteiger partial charge < -0.3 is 14.6 Å². The van der Waals surface area contributed by atoms with Crippen LogP contribution < -0.4 is 10.1 Å². The molecular formula is C19H22F3N3O2. The van der Waals surface area contributed by atoms with Gasteiger partial charge in [0.15, 0.2) is 5.69 Å². The van der Waals surface area contributed by atoms with Crippen LogP contribution in [0.25, 0.3) is 0 Å². The molecule has 0 bridgehead atoms. The highest BCUT2D eigenvalue weighted by Crippen LogP contribution is 2.34. The van der Waals surface area contributed by atoms with Crippen LogP contribution in [-0.2, 0) is 11.0 Å². The zero-order valence-electron chi connectivity index (χ0n) is 15.0. The number of halogens is 3. The molecule has 0 aliphatic heterocycles. The molecule has 1 aliphatic rings. The molecule has 1 aromatic carbocycles. The van der Waals surface area contributed by atoms with Crippen LogP contribution in [0.2, 0.25) is 0 Å². The van der Waals surface area contributed by atoms with Crippen molar-refractivity contribution in [3.8, 4) is 5.75 Å². The molecule has 0 spiro atoms. The summed E-state index contributed by atoms with van der Waals surface area (Å²) in [4.78, 5) is 16.3. The number of nitrogens with zero attached hydrogens (tertiary/aromatic N) is 2. The minimum atomic E-state index is -4.53. The first-order valence-electron chi connectivity index (χ1n) is 8.92. The summed E-state index contributed by atoms with van der Waals surface area (Å²) in [5.74, 6) is 0.631. The van der Waals surface area contributed by atoms with Gasteiger partial charge in [-0.25, -0.2) is 4.98 Å². The van der Waals surface area contributed by atoms with E-state index in [0.717, 1.165) is 38.2 Å². The summed E-state index contributed by atoms with van der Waals surface area (Å²) >= 11 is 0. The number of hydrogen-bond acceptors (Lipinski definition) is 3. The number of benzene rings is 1. The van der Waals surface area contributed by atoms with Crippen molar-refractivity contribution in [3.63, 3.8) is 0 Å². The number of amides is 1. The Hall–Kier alpha value is -2.51. The molecule has 1 fully saturated rings. The monoisotopic (exact) mass is 381 g/mol. The fraction of sp³-hybridized carbons (Fsp3) is 0.474. The zero-order chi connectivity index (χ0) is 19.4. The van der Waals surface area contributed by atoms with E-state index in [9.17, 15) is 18.0 Å². The average molecular weight is 381 g/mol. The normalized spacial score (nSPS) is 16.3. The van der Waals surface area contributed by atoms with E-state index in [1.54, 1.807) is 31.4 Å². The number of imidazole rings is 1. The Morgan fingerprint density at radius 3 is 2.52 bits per heavy atom. The summed E-state index contributed by atoms with van der Waals surface area (Å²) in [6.07, 6.45) is 2.14. The fourth-order valence-corrected chi connectivity index (χ4v) is 3.48. The van der Waals surface area contributed by atoms with Crippen molar-refractivity contribution in [3.05, 3.63) is 42.5 Å². The minimum absolute atomic E-state index is 0.327. The number of hydrogen-bond donors (Lipinski definition) is 1. The molecular weight excluding hydrogens is 359 g/mol. The van der Waals surface area contributed by atoms with Gasteiger partial charge in [-0.15, -0.1) is 0 Å². The van der Waals surface area contributed by atoms with Crippen molar-refractivity contribution < 1.29 is 22.7 Å². The van der Waals surface area contributed by atoms with E-state index in [4.69, 9.17) is 4.74 Å². The number of alkyl halides is 3. The Balaban J connectivity index is 1.79. The topological polar surface area (TPSA) is 56.1 Å². The highest BCUT2D eigenvalue weighted by Gasteiger charge is 2.35. The largest absolute Gasteiger partial charge is 0.497 e. The van der Waals surface area contributed by atoms with Crippen LogP contribution in [0.1, 0.15) is 43.8 Å². The smallest absolute Gasteiger partial charge is 0.434 e. The lowest BCUT2D eigenvalue weighted by Crippen LogP contribution is -2.27. The first-order chi connectivity index (χ1) is 12.9. The molecule has 1 aliphatic carbocycles. The van der Waals surface area contributed by atoms with E-state index >= 15 is 0 Å². The van der Waals surface area contributed by atoms with Crippen LogP contribution >= 0.6 is 0 Å². The molecule has 1 atom stereocenters. The van der Waals surface area contributed by atoms with E-state index < -0.39 is 17.9 Å². The van der Waals surface area contributed by atoms with Crippen molar-refractivity contribution in [1.29, 1.82) is 0 Å². The van der Waals surface area contributed by atoms with Gasteiger partial charge in [0.25, 0.3) is 0 Å². The molecule has 1 heterocycles. The number of aromatic nitrogens is 2. The Kier molecular flexibility index (Phi) is 5.72. The summed E-state index contributed by atoms with van der Waals surface area (Å²) in [6, 6.07) is 6.07. The third kappa shape index (κ3) is 4.81. The molecule has 1 aromatic heterocycles. The van der Waals surface area contributed by atoms with Crippen molar-refractivity contribution in [1.82, 2.24) is 9.55 Å². The first kappa shape index (κ1) is 19.3. The van der Waals surface area contributed by atoms with Crippen molar-refractivity contribution in [2.24, 2.45) is 5.92 Å². The molecule has 0 unspecified atom stereocenters. The Bertz CT molecular complexity index is 765. The molecule has 0 saturated heterocycles. The third-order valence-electron chi connectivity index (χ3n) is 4.94. The van der Waals surface area contributed by atoms with Crippen LogP contribution in [0.5, 0.6) is 5.75 Å². The number of carbonyl (C=O) groups excluding carboxylic acids is 1. The summed E-state index contributed by atoms with van der Waals surface area (Å²) in [5.41, 5.74) is -0.426. The van der Waals surface area contributed by atoms with Gasteiger partial charge in [0, 0.05) is 11.9 Å². The first-order valence-corrected chi connectivity index (χ1v) is 8.92. The number of methoxy groups -OCH3 is 1. The molecule has 3 rings (SSSR count). The maximum atomic E-state index is 12.9. The summed E-state index contributed by atoms with van der Waals surface area (Å²) in [6.45, 7) is 0. The lowest BCUT2D eigenvalue weighted by atomic mass is 9.97. The standard InChI is InChI=1S/C19H22F3N3O2/c1-27-15-8-6-14(7-9-15)24-18(26)16(10-13-4-2-3-5-13)25-11-17(23-12-25)19(20,21)22/h6-9,11-13,16H,2-5,10H2,1H3,(H,24,26)/t16-/m0/s1. The van der Waals surface area contributed by atoms with Crippen molar-refractivity contribution >= 4 is 11.6 Å². The number of ether oxygens (including phenoxy) is 1. The Morgan fingerprint density at radius 2 is 1.96 bits per heavy atom. The molecule has 146 valence electrons.